The molecule has 1 heterocycles. The summed E-state index contributed by atoms with van der Waals surface area (Å²) in [6.45, 7) is 2.39. The van der Waals surface area contributed by atoms with Crippen LogP contribution in [-0.4, -0.2) is 9.55 Å². The molecule has 0 saturated carbocycles. The lowest BCUT2D eigenvalue weighted by Gasteiger charge is -2.09. The van der Waals surface area contributed by atoms with Crippen LogP contribution in [0.5, 0.6) is 0 Å². The highest BCUT2D eigenvalue weighted by Gasteiger charge is 2.05. The van der Waals surface area contributed by atoms with Crippen molar-refractivity contribution in [3.05, 3.63) is 57.2 Å². The van der Waals surface area contributed by atoms with E-state index in [0.29, 0.717) is 12.2 Å². The minimum Gasteiger partial charge on any atom is -0.294 e. The maximum Gasteiger partial charge on any atom is 0.328 e. The number of aromatic amines is 1. The maximum absolute atomic E-state index is 11.6. The number of nitrogens with one attached hydrogen (secondary N) is 1. The molecular formula is C12H12N2O2. The summed E-state index contributed by atoms with van der Waals surface area (Å²) in [5.41, 5.74) is 0.784. The Morgan fingerprint density at radius 1 is 1.19 bits per heavy atom. The second-order valence-electron chi connectivity index (χ2n) is 3.43. The maximum atomic E-state index is 11.6. The number of nitrogens with zero attached hydrogens (tertiary/aromatic N) is 1. The van der Waals surface area contributed by atoms with Gasteiger partial charge < -0.3 is 0 Å². The Bertz CT molecular complexity index is 596. The summed E-state index contributed by atoms with van der Waals surface area (Å²) >= 11 is 0. The Morgan fingerprint density at radius 3 is 2.50 bits per heavy atom. The van der Waals surface area contributed by atoms with Crippen molar-refractivity contribution in [3.8, 4) is 11.3 Å². The van der Waals surface area contributed by atoms with Crippen molar-refractivity contribution >= 4 is 0 Å². The van der Waals surface area contributed by atoms with Crippen molar-refractivity contribution in [3.63, 3.8) is 0 Å². The van der Waals surface area contributed by atoms with E-state index in [0.717, 1.165) is 5.56 Å². The van der Waals surface area contributed by atoms with Gasteiger partial charge in [0.25, 0.3) is 5.56 Å². The first kappa shape index (κ1) is 10.4. The van der Waals surface area contributed by atoms with Gasteiger partial charge in [0.2, 0.25) is 0 Å². The molecule has 0 bridgehead atoms. The van der Waals surface area contributed by atoms with Gasteiger partial charge in [-0.05, 0) is 12.5 Å². The van der Waals surface area contributed by atoms with Gasteiger partial charge in [0, 0.05) is 12.6 Å². The summed E-state index contributed by atoms with van der Waals surface area (Å²) in [5.74, 6) is 0. The monoisotopic (exact) mass is 216 g/mol. The molecule has 82 valence electrons. The van der Waals surface area contributed by atoms with Crippen LogP contribution in [0, 0.1) is 0 Å². The van der Waals surface area contributed by atoms with Crippen molar-refractivity contribution in [1.29, 1.82) is 0 Å². The first-order valence-electron chi connectivity index (χ1n) is 5.12. The fraction of sp³-hybridized carbons (Fsp3) is 0.167. The van der Waals surface area contributed by atoms with Crippen LogP contribution >= 0.6 is 0 Å². The molecule has 0 saturated heterocycles. The molecule has 16 heavy (non-hydrogen) atoms. The predicted molar refractivity (Wildman–Crippen MR) is 62.4 cm³/mol. The van der Waals surface area contributed by atoms with Crippen LogP contribution in [-0.2, 0) is 6.54 Å². The van der Waals surface area contributed by atoms with Gasteiger partial charge in [-0.1, -0.05) is 30.3 Å². The van der Waals surface area contributed by atoms with E-state index in [9.17, 15) is 9.59 Å². The normalized spacial score (nSPS) is 10.3. The van der Waals surface area contributed by atoms with E-state index in [1.54, 1.807) is 0 Å². The Balaban J connectivity index is 2.74. The van der Waals surface area contributed by atoms with Gasteiger partial charge in [0.1, 0.15) is 0 Å². The van der Waals surface area contributed by atoms with Gasteiger partial charge in [0.15, 0.2) is 0 Å². The SMILES string of the molecule is CCn1c(-c2ccccc2)cc(=O)[nH]c1=O. The van der Waals surface area contributed by atoms with E-state index in [4.69, 9.17) is 0 Å². The Morgan fingerprint density at radius 2 is 1.88 bits per heavy atom. The Hall–Kier alpha value is -2.10. The summed E-state index contributed by atoms with van der Waals surface area (Å²) in [7, 11) is 0. The van der Waals surface area contributed by atoms with Crippen LogP contribution in [0.2, 0.25) is 0 Å². The second kappa shape index (κ2) is 4.18. The van der Waals surface area contributed by atoms with E-state index in [-0.39, 0.29) is 11.2 Å². The summed E-state index contributed by atoms with van der Waals surface area (Å²) < 4.78 is 1.54. The predicted octanol–water partition coefficient (Wildman–Crippen LogP) is 1.22. The molecule has 1 aromatic heterocycles. The molecule has 4 nitrogen and oxygen atoms in total. The van der Waals surface area contributed by atoms with Crippen LogP contribution in [0.4, 0.5) is 0 Å². The van der Waals surface area contributed by atoms with E-state index in [1.165, 1.54) is 10.6 Å². The van der Waals surface area contributed by atoms with Crippen molar-refractivity contribution in [2.24, 2.45) is 0 Å². The smallest absolute Gasteiger partial charge is 0.294 e. The van der Waals surface area contributed by atoms with Crippen molar-refractivity contribution < 1.29 is 0 Å². The standard InChI is InChI=1S/C12H12N2O2/c1-2-14-10(8-11(15)13-12(14)16)9-6-4-3-5-7-9/h3-8H,2H2,1H3,(H,13,15,16). The zero-order chi connectivity index (χ0) is 11.5. The number of H-pyrrole nitrogens is 1. The highest BCUT2D eigenvalue weighted by molar-refractivity contribution is 5.58. The fourth-order valence-corrected chi connectivity index (χ4v) is 1.68. The molecule has 0 aliphatic rings. The van der Waals surface area contributed by atoms with Crippen LogP contribution < -0.4 is 11.2 Å². The van der Waals surface area contributed by atoms with Gasteiger partial charge in [0.05, 0.1) is 5.69 Å². The molecule has 1 aromatic carbocycles. The van der Waals surface area contributed by atoms with E-state index < -0.39 is 0 Å². The molecule has 0 unspecified atom stereocenters. The van der Waals surface area contributed by atoms with Gasteiger partial charge in [-0.15, -0.1) is 0 Å². The van der Waals surface area contributed by atoms with Crippen LogP contribution in [0.15, 0.2) is 46.0 Å². The van der Waals surface area contributed by atoms with Crippen molar-refractivity contribution in [2.45, 2.75) is 13.5 Å². The molecule has 2 rings (SSSR count). The zero-order valence-electron chi connectivity index (χ0n) is 8.93. The summed E-state index contributed by atoms with van der Waals surface area (Å²) in [5, 5.41) is 0. The minimum absolute atomic E-state index is 0.367. The first-order valence-corrected chi connectivity index (χ1v) is 5.12. The molecule has 4 heteroatoms. The van der Waals surface area contributed by atoms with Crippen LogP contribution in [0.3, 0.4) is 0 Å². The number of hydrogen-bond acceptors (Lipinski definition) is 2. The average molecular weight is 216 g/mol. The van der Waals surface area contributed by atoms with Gasteiger partial charge in [-0.3, -0.25) is 14.3 Å². The highest BCUT2D eigenvalue weighted by atomic mass is 16.2. The lowest BCUT2D eigenvalue weighted by Crippen LogP contribution is -2.30. The largest absolute Gasteiger partial charge is 0.328 e. The zero-order valence-corrected chi connectivity index (χ0v) is 8.93. The second-order valence-corrected chi connectivity index (χ2v) is 3.43. The van der Waals surface area contributed by atoms with Gasteiger partial charge >= 0.3 is 5.69 Å². The third-order valence-corrected chi connectivity index (χ3v) is 2.42. The Kier molecular flexibility index (Phi) is 2.72. The lowest BCUT2D eigenvalue weighted by atomic mass is 10.1. The van der Waals surface area contributed by atoms with E-state index >= 15 is 0 Å². The third-order valence-electron chi connectivity index (χ3n) is 2.42. The number of benzene rings is 1. The molecule has 0 radical (unpaired) electrons. The molecule has 0 aliphatic heterocycles. The quantitative estimate of drug-likeness (QED) is 0.820. The first-order chi connectivity index (χ1) is 7.72. The van der Waals surface area contributed by atoms with Crippen LogP contribution in [0.1, 0.15) is 6.92 Å². The summed E-state index contributed by atoms with van der Waals surface area (Å²) in [6.07, 6.45) is 0. The number of hydrogen-bond donors (Lipinski definition) is 1. The molecule has 0 spiro atoms. The Labute approximate surface area is 92.2 Å². The molecular weight excluding hydrogens is 204 g/mol. The van der Waals surface area contributed by atoms with Crippen molar-refractivity contribution in [1.82, 2.24) is 9.55 Å². The van der Waals surface area contributed by atoms with E-state index in [2.05, 4.69) is 4.98 Å². The number of aromatic nitrogens is 2. The fourth-order valence-electron chi connectivity index (χ4n) is 1.68. The molecule has 0 atom stereocenters. The highest BCUT2D eigenvalue weighted by Crippen LogP contribution is 2.15. The topological polar surface area (TPSA) is 54.9 Å². The lowest BCUT2D eigenvalue weighted by molar-refractivity contribution is 0.702. The summed E-state index contributed by atoms with van der Waals surface area (Å²) in [6, 6.07) is 10.8. The minimum atomic E-state index is -0.367. The van der Waals surface area contributed by atoms with Gasteiger partial charge in [-0.2, -0.15) is 0 Å². The molecule has 0 fully saturated rings. The molecule has 2 aromatic rings. The average Bonchev–Trinajstić information content (AvgIpc) is 2.29. The van der Waals surface area contributed by atoms with Gasteiger partial charge in [-0.25, -0.2) is 4.79 Å². The van der Waals surface area contributed by atoms with Crippen molar-refractivity contribution in [2.75, 3.05) is 0 Å². The molecule has 0 amide bonds. The van der Waals surface area contributed by atoms with E-state index in [1.807, 2.05) is 37.3 Å². The molecule has 0 aliphatic carbocycles. The van der Waals surface area contributed by atoms with Crippen LogP contribution in [0.25, 0.3) is 11.3 Å². The molecule has 1 N–H and O–H groups in total. The number of rotatable bonds is 2. The summed E-state index contributed by atoms with van der Waals surface area (Å²) in [4.78, 5) is 25.1. The third kappa shape index (κ3) is 1.82.